The van der Waals surface area contributed by atoms with E-state index in [2.05, 4.69) is 15.5 Å². The van der Waals surface area contributed by atoms with Crippen LogP contribution in [0.5, 0.6) is 0 Å². The lowest BCUT2D eigenvalue weighted by atomic mass is 10.2. The number of hydrogen-bond donors (Lipinski definition) is 1. The Bertz CT molecular complexity index is 629. The van der Waals surface area contributed by atoms with Crippen molar-refractivity contribution in [3.05, 3.63) is 30.1 Å². The van der Waals surface area contributed by atoms with Gasteiger partial charge in [-0.2, -0.15) is 0 Å². The molecule has 2 aromatic rings. The molecule has 0 saturated carbocycles. The normalized spacial score (nSPS) is 12.2. The average Bonchev–Trinajstić information content (AvgIpc) is 2.80. The zero-order chi connectivity index (χ0) is 14.7. The highest BCUT2D eigenvalue weighted by molar-refractivity contribution is 8.00. The molecule has 5 nitrogen and oxygen atoms in total. The molecule has 2 rings (SSSR count). The first-order chi connectivity index (χ1) is 9.54. The summed E-state index contributed by atoms with van der Waals surface area (Å²) in [4.78, 5) is 11.5. The van der Waals surface area contributed by atoms with Gasteiger partial charge in [0.15, 0.2) is 11.0 Å². The first-order valence-corrected chi connectivity index (χ1v) is 6.95. The van der Waals surface area contributed by atoms with Crippen molar-refractivity contribution in [1.82, 2.24) is 20.1 Å². The molecule has 0 spiro atoms. The van der Waals surface area contributed by atoms with Crippen molar-refractivity contribution in [2.24, 2.45) is 7.05 Å². The third-order valence-electron chi connectivity index (χ3n) is 2.85. The monoisotopic (exact) mass is 294 g/mol. The van der Waals surface area contributed by atoms with Gasteiger partial charge in [-0.05, 0) is 19.1 Å². The fraction of sp³-hybridized carbons (Fsp3) is 0.308. The number of benzene rings is 1. The van der Waals surface area contributed by atoms with Gasteiger partial charge in [-0.25, -0.2) is 4.39 Å². The molecular weight excluding hydrogens is 279 g/mol. The van der Waals surface area contributed by atoms with Gasteiger partial charge in [0.05, 0.1) is 10.8 Å². The van der Waals surface area contributed by atoms with E-state index in [1.54, 1.807) is 43.8 Å². The van der Waals surface area contributed by atoms with Crippen LogP contribution in [0, 0.1) is 5.82 Å². The van der Waals surface area contributed by atoms with Crippen molar-refractivity contribution >= 4 is 17.7 Å². The molecule has 106 valence electrons. The lowest BCUT2D eigenvalue weighted by molar-refractivity contribution is -0.119. The maximum atomic E-state index is 13.8. The van der Waals surface area contributed by atoms with Crippen LogP contribution in [0.2, 0.25) is 0 Å². The lowest BCUT2D eigenvalue weighted by Crippen LogP contribution is -2.27. The maximum Gasteiger partial charge on any atom is 0.233 e. The first kappa shape index (κ1) is 14.5. The second-order valence-corrected chi connectivity index (χ2v) is 5.53. The molecule has 20 heavy (non-hydrogen) atoms. The van der Waals surface area contributed by atoms with Gasteiger partial charge in [0.2, 0.25) is 5.91 Å². The fourth-order valence-corrected chi connectivity index (χ4v) is 2.58. The van der Waals surface area contributed by atoms with Crippen LogP contribution < -0.4 is 5.32 Å². The van der Waals surface area contributed by atoms with E-state index in [-0.39, 0.29) is 17.0 Å². The maximum absolute atomic E-state index is 13.8. The minimum Gasteiger partial charge on any atom is -0.358 e. The average molecular weight is 294 g/mol. The predicted molar refractivity (Wildman–Crippen MR) is 75.8 cm³/mol. The zero-order valence-electron chi connectivity index (χ0n) is 11.4. The molecule has 1 unspecified atom stereocenters. The summed E-state index contributed by atoms with van der Waals surface area (Å²) in [5, 5.41) is 10.9. The number of aromatic nitrogens is 3. The van der Waals surface area contributed by atoms with Crippen LogP contribution in [-0.2, 0) is 11.8 Å². The van der Waals surface area contributed by atoms with Gasteiger partial charge in [-0.1, -0.05) is 23.9 Å². The number of amides is 1. The quantitative estimate of drug-likeness (QED) is 0.874. The number of hydrogen-bond acceptors (Lipinski definition) is 4. The van der Waals surface area contributed by atoms with Crippen molar-refractivity contribution in [3.63, 3.8) is 0 Å². The Balaban J connectivity index is 2.28. The molecule has 0 aliphatic heterocycles. The first-order valence-electron chi connectivity index (χ1n) is 6.07. The Morgan fingerprint density at radius 1 is 1.40 bits per heavy atom. The van der Waals surface area contributed by atoms with E-state index in [1.807, 2.05) is 0 Å². The molecule has 0 bridgehead atoms. The molecule has 0 aliphatic rings. The standard InChI is InChI=1S/C13H15FN4OS/c1-8(12(19)15-2)20-13-17-16-11(18(13)3)9-6-4-5-7-10(9)14/h4-8H,1-3H3,(H,15,19). The summed E-state index contributed by atoms with van der Waals surface area (Å²) < 4.78 is 15.4. The van der Waals surface area contributed by atoms with Gasteiger partial charge in [0, 0.05) is 14.1 Å². The highest BCUT2D eigenvalue weighted by Crippen LogP contribution is 2.26. The Labute approximate surface area is 120 Å². The van der Waals surface area contributed by atoms with Gasteiger partial charge in [0.25, 0.3) is 0 Å². The second kappa shape index (κ2) is 6.04. The topological polar surface area (TPSA) is 59.8 Å². The molecular formula is C13H15FN4OS. The molecule has 1 amide bonds. The summed E-state index contributed by atoms with van der Waals surface area (Å²) in [6, 6.07) is 6.39. The van der Waals surface area contributed by atoms with Gasteiger partial charge in [0.1, 0.15) is 5.82 Å². The molecule has 1 aromatic carbocycles. The molecule has 0 radical (unpaired) electrons. The minimum atomic E-state index is -0.348. The van der Waals surface area contributed by atoms with Gasteiger partial charge < -0.3 is 9.88 Å². The van der Waals surface area contributed by atoms with Crippen LogP contribution in [0.1, 0.15) is 6.92 Å². The fourth-order valence-electron chi connectivity index (χ4n) is 1.71. The molecule has 1 N–H and O–H groups in total. The van der Waals surface area contributed by atoms with Crippen LogP contribution in [0.3, 0.4) is 0 Å². The van der Waals surface area contributed by atoms with E-state index in [4.69, 9.17) is 0 Å². The lowest BCUT2D eigenvalue weighted by Gasteiger charge is -2.09. The molecule has 0 aliphatic carbocycles. The van der Waals surface area contributed by atoms with Gasteiger partial charge in [-0.3, -0.25) is 4.79 Å². The Morgan fingerprint density at radius 2 is 2.10 bits per heavy atom. The van der Waals surface area contributed by atoms with Crippen molar-refractivity contribution in [2.45, 2.75) is 17.3 Å². The van der Waals surface area contributed by atoms with Crippen molar-refractivity contribution in [1.29, 1.82) is 0 Å². The van der Waals surface area contributed by atoms with E-state index in [0.717, 1.165) is 0 Å². The number of carbonyl (C=O) groups is 1. The second-order valence-electron chi connectivity index (χ2n) is 4.22. The van der Waals surface area contributed by atoms with E-state index in [0.29, 0.717) is 16.5 Å². The molecule has 7 heteroatoms. The smallest absolute Gasteiger partial charge is 0.233 e. The van der Waals surface area contributed by atoms with Crippen LogP contribution in [-0.4, -0.2) is 33.0 Å². The summed E-state index contributed by atoms with van der Waals surface area (Å²) in [6.07, 6.45) is 0. The van der Waals surface area contributed by atoms with E-state index >= 15 is 0 Å². The van der Waals surface area contributed by atoms with E-state index in [1.165, 1.54) is 17.8 Å². The molecule has 1 heterocycles. The third kappa shape index (κ3) is 2.82. The number of nitrogens with zero attached hydrogens (tertiary/aromatic N) is 3. The summed E-state index contributed by atoms with van der Waals surface area (Å²) in [7, 11) is 3.33. The molecule has 0 saturated heterocycles. The highest BCUT2D eigenvalue weighted by Gasteiger charge is 2.19. The zero-order valence-corrected chi connectivity index (χ0v) is 12.2. The Hall–Kier alpha value is -1.89. The number of nitrogens with one attached hydrogen (secondary N) is 1. The summed E-state index contributed by atoms with van der Waals surface area (Å²) in [5.74, 6) is -0.000881. The van der Waals surface area contributed by atoms with Crippen LogP contribution in [0.15, 0.2) is 29.4 Å². The third-order valence-corrected chi connectivity index (χ3v) is 3.98. The number of rotatable bonds is 4. The summed E-state index contributed by atoms with van der Waals surface area (Å²) in [6.45, 7) is 1.78. The van der Waals surface area contributed by atoms with Crippen molar-refractivity contribution in [3.8, 4) is 11.4 Å². The molecule has 0 fully saturated rings. The Kier molecular flexibility index (Phi) is 4.39. The molecule has 1 atom stereocenters. The van der Waals surface area contributed by atoms with Crippen LogP contribution in [0.4, 0.5) is 4.39 Å². The highest BCUT2D eigenvalue weighted by atomic mass is 32.2. The number of thioether (sulfide) groups is 1. The van der Waals surface area contributed by atoms with E-state index in [9.17, 15) is 9.18 Å². The summed E-state index contributed by atoms with van der Waals surface area (Å²) in [5.41, 5.74) is 0.391. The molecule has 1 aromatic heterocycles. The van der Waals surface area contributed by atoms with Gasteiger partial charge >= 0.3 is 0 Å². The number of carbonyl (C=O) groups excluding carboxylic acids is 1. The van der Waals surface area contributed by atoms with E-state index < -0.39 is 0 Å². The SMILES string of the molecule is CNC(=O)C(C)Sc1nnc(-c2ccccc2F)n1C. The predicted octanol–water partition coefficient (Wildman–Crippen LogP) is 1.85. The largest absolute Gasteiger partial charge is 0.358 e. The minimum absolute atomic E-state index is 0.0922. The summed E-state index contributed by atoms with van der Waals surface area (Å²) >= 11 is 1.28. The van der Waals surface area contributed by atoms with Crippen molar-refractivity contribution in [2.75, 3.05) is 7.05 Å². The van der Waals surface area contributed by atoms with Gasteiger partial charge in [-0.15, -0.1) is 10.2 Å². The van der Waals surface area contributed by atoms with Crippen LogP contribution >= 0.6 is 11.8 Å². The Morgan fingerprint density at radius 3 is 2.75 bits per heavy atom. The van der Waals surface area contributed by atoms with Crippen LogP contribution in [0.25, 0.3) is 11.4 Å². The van der Waals surface area contributed by atoms with Crippen molar-refractivity contribution < 1.29 is 9.18 Å². The number of halogens is 1.